The van der Waals surface area contributed by atoms with E-state index < -0.39 is 0 Å². The first-order chi connectivity index (χ1) is 28.4. The van der Waals surface area contributed by atoms with E-state index in [2.05, 4.69) is 58.3 Å². The van der Waals surface area contributed by atoms with Crippen LogP contribution in [0.4, 0.5) is 4.79 Å². The maximum absolute atomic E-state index is 13.8. The third kappa shape index (κ3) is 15.0. The average Bonchev–Trinajstić information content (AvgIpc) is 3.56. The Kier molecular flexibility index (Phi) is 21.6. The molecule has 340 valence electrons. The molecule has 3 amide bonds. The van der Waals surface area contributed by atoms with Crippen molar-refractivity contribution in [1.29, 1.82) is 0 Å². The summed E-state index contributed by atoms with van der Waals surface area (Å²) in [5.74, 6) is 4.84. The lowest BCUT2D eigenvalue weighted by molar-refractivity contribution is -0.122. The fourth-order valence-corrected chi connectivity index (χ4v) is 12.5. The summed E-state index contributed by atoms with van der Waals surface area (Å²) < 4.78 is 6.28. The number of nitrogens with two attached hydrogens (primary N) is 1. The molecule has 3 fully saturated rings. The van der Waals surface area contributed by atoms with Crippen molar-refractivity contribution in [2.45, 2.75) is 215 Å². The van der Waals surface area contributed by atoms with E-state index in [4.69, 9.17) is 10.5 Å². The number of rotatable bonds is 28. The Morgan fingerprint density at radius 2 is 1.46 bits per heavy atom. The van der Waals surface area contributed by atoms with E-state index in [1.54, 1.807) is 4.90 Å². The summed E-state index contributed by atoms with van der Waals surface area (Å²) in [5.41, 5.74) is 7.85. The summed E-state index contributed by atoms with van der Waals surface area (Å²) in [4.78, 5) is 40.6. The molecule has 0 unspecified atom stereocenters. The molecule has 4 N–H and O–H groups in total. The predicted molar refractivity (Wildman–Crippen MR) is 245 cm³/mol. The Morgan fingerprint density at radius 1 is 0.780 bits per heavy atom. The molecule has 59 heavy (non-hydrogen) atoms. The summed E-state index contributed by atoms with van der Waals surface area (Å²) in [6.45, 7) is 17.0. The third-order valence-electron chi connectivity index (χ3n) is 16.0. The fourth-order valence-electron chi connectivity index (χ4n) is 12.5. The van der Waals surface area contributed by atoms with Crippen molar-refractivity contribution in [2.24, 2.45) is 52.1 Å². The molecule has 0 radical (unpaired) electrons. The molecule has 4 aliphatic carbocycles. The zero-order valence-corrected chi connectivity index (χ0v) is 39.2. The van der Waals surface area contributed by atoms with E-state index in [1.807, 2.05) is 0 Å². The Labute approximate surface area is 362 Å². The lowest BCUT2D eigenvalue weighted by Crippen LogP contribution is -2.51. The number of allylic oxidation sites excluding steroid dienone is 1. The van der Waals surface area contributed by atoms with Crippen LogP contribution in [0, 0.1) is 46.3 Å². The van der Waals surface area contributed by atoms with Crippen LogP contribution < -0.4 is 16.4 Å². The van der Waals surface area contributed by atoms with Crippen LogP contribution in [0.2, 0.25) is 0 Å². The summed E-state index contributed by atoms with van der Waals surface area (Å²) in [7, 11) is 0. The second kappa shape index (κ2) is 25.8. The van der Waals surface area contributed by atoms with Gasteiger partial charge < -0.3 is 21.1 Å². The van der Waals surface area contributed by atoms with Crippen LogP contribution in [0.25, 0.3) is 0 Å². The minimum absolute atomic E-state index is 0.00665. The first kappa shape index (κ1) is 49.6. The number of nitrogens with zero attached hydrogens (tertiary/aromatic N) is 1. The largest absolute Gasteiger partial charge is 0.446 e. The van der Waals surface area contributed by atoms with Crippen LogP contribution in [-0.4, -0.2) is 61.6 Å². The van der Waals surface area contributed by atoms with Gasteiger partial charge in [0.05, 0.1) is 0 Å². The van der Waals surface area contributed by atoms with E-state index in [1.165, 1.54) is 102 Å². The summed E-state index contributed by atoms with van der Waals surface area (Å²) in [6.07, 6.45) is 32.0. The van der Waals surface area contributed by atoms with Crippen molar-refractivity contribution in [3.05, 3.63) is 11.6 Å². The van der Waals surface area contributed by atoms with Crippen LogP contribution >= 0.6 is 0 Å². The number of hydrogen-bond donors (Lipinski definition) is 3. The fraction of sp³-hybridized carbons (Fsp3) is 0.902. The average molecular weight is 825 g/mol. The topological polar surface area (TPSA) is 114 Å². The van der Waals surface area contributed by atoms with Gasteiger partial charge in [-0.25, -0.2) is 4.79 Å². The highest BCUT2D eigenvalue weighted by Crippen LogP contribution is 2.67. The van der Waals surface area contributed by atoms with Crippen molar-refractivity contribution in [2.75, 3.05) is 32.7 Å². The molecule has 0 spiro atoms. The highest BCUT2D eigenvalue weighted by atomic mass is 16.6. The summed E-state index contributed by atoms with van der Waals surface area (Å²) >= 11 is 0. The SMILES string of the molecule is CCCCCCCCCCCC(=O)NCCCCCCN(CC(=O)NCCCN)C(=O)O[C@H]1CC[C@@]2(C)C(=CC[C@H]3[C@@H]4CC[C@H]([C@H](C)CCCC(C)C)[C@@]4(C)CC[C@@H]32)C1. The van der Waals surface area contributed by atoms with Crippen molar-refractivity contribution >= 4 is 17.9 Å². The van der Waals surface area contributed by atoms with Crippen molar-refractivity contribution < 1.29 is 19.1 Å². The molecule has 0 aromatic heterocycles. The molecule has 0 bridgehead atoms. The molecule has 0 aliphatic heterocycles. The molecule has 8 nitrogen and oxygen atoms in total. The molecule has 4 aliphatic rings. The predicted octanol–water partition coefficient (Wildman–Crippen LogP) is 11.9. The maximum atomic E-state index is 13.8. The van der Waals surface area contributed by atoms with Gasteiger partial charge in [0, 0.05) is 32.5 Å². The number of unbranched alkanes of at least 4 members (excludes halogenated alkanes) is 11. The van der Waals surface area contributed by atoms with Gasteiger partial charge in [0.2, 0.25) is 11.8 Å². The molecule has 8 heteroatoms. The van der Waals surface area contributed by atoms with Gasteiger partial charge in [-0.2, -0.15) is 0 Å². The second-order valence-electron chi connectivity index (χ2n) is 20.8. The zero-order chi connectivity index (χ0) is 42.7. The Bertz CT molecular complexity index is 1290. The molecule has 0 aromatic rings. The summed E-state index contributed by atoms with van der Waals surface area (Å²) in [5, 5.41) is 6.02. The third-order valence-corrected chi connectivity index (χ3v) is 16.0. The van der Waals surface area contributed by atoms with Gasteiger partial charge in [-0.1, -0.05) is 137 Å². The van der Waals surface area contributed by atoms with Gasteiger partial charge in [-0.3, -0.25) is 14.5 Å². The molecule has 8 atom stereocenters. The van der Waals surface area contributed by atoms with E-state index in [0.717, 1.165) is 93.3 Å². The van der Waals surface area contributed by atoms with E-state index in [-0.39, 0.29) is 36.0 Å². The Hall–Kier alpha value is -2.09. The normalized spacial score (nSPS) is 27.9. The van der Waals surface area contributed by atoms with Gasteiger partial charge in [-0.05, 0) is 124 Å². The van der Waals surface area contributed by atoms with Crippen LogP contribution in [-0.2, 0) is 14.3 Å². The lowest BCUT2D eigenvalue weighted by Gasteiger charge is -2.58. The number of carbonyl (C=O) groups is 3. The van der Waals surface area contributed by atoms with Crippen LogP contribution in [0.3, 0.4) is 0 Å². The molecular weight excluding hydrogens is 733 g/mol. The van der Waals surface area contributed by atoms with Gasteiger partial charge in [0.15, 0.2) is 0 Å². The minimum atomic E-state index is -0.362. The lowest BCUT2D eigenvalue weighted by atomic mass is 9.47. The van der Waals surface area contributed by atoms with Gasteiger partial charge in [0.1, 0.15) is 12.6 Å². The first-order valence-electron chi connectivity index (χ1n) is 25.3. The number of nitrogens with one attached hydrogen (secondary N) is 2. The molecule has 3 saturated carbocycles. The maximum Gasteiger partial charge on any atom is 0.410 e. The minimum Gasteiger partial charge on any atom is -0.446 e. The first-order valence-corrected chi connectivity index (χ1v) is 25.3. The zero-order valence-electron chi connectivity index (χ0n) is 39.2. The van der Waals surface area contributed by atoms with Crippen molar-refractivity contribution in [3.8, 4) is 0 Å². The summed E-state index contributed by atoms with van der Waals surface area (Å²) in [6, 6.07) is 0. The van der Waals surface area contributed by atoms with Gasteiger partial charge in [-0.15, -0.1) is 0 Å². The number of hydrogen-bond acceptors (Lipinski definition) is 5. The second-order valence-corrected chi connectivity index (χ2v) is 20.8. The number of carbonyl (C=O) groups excluding carboxylic acids is 3. The Balaban J connectivity index is 1.21. The molecule has 0 saturated heterocycles. The van der Waals surface area contributed by atoms with Crippen LogP contribution in [0.15, 0.2) is 11.6 Å². The Morgan fingerprint density at radius 3 is 2.19 bits per heavy atom. The smallest absolute Gasteiger partial charge is 0.410 e. The highest BCUT2D eigenvalue weighted by molar-refractivity contribution is 5.82. The molecule has 0 aromatic carbocycles. The molecule has 0 heterocycles. The molecular formula is C51H92N4O4. The van der Waals surface area contributed by atoms with Crippen molar-refractivity contribution in [3.63, 3.8) is 0 Å². The standard InChI is InChI=1S/C51H92N4O4/c1-7-8-9-10-11-12-13-14-17-24-47(56)53-34-18-15-16-19-36-55(38-48(57)54-35-21-33-52)49(58)59-42-29-31-50(5)41(37-42)25-26-43-45-28-27-44(40(4)23-20-22-39(2)3)51(45,6)32-30-46(43)50/h25,39-40,42-46H,7-24,26-38,52H2,1-6H3,(H,53,56)(H,54,57)/t40-,42+,43+,44-,45+,46+,50+,51-/m1/s1. The van der Waals surface area contributed by atoms with E-state index >= 15 is 0 Å². The number of fused-ring (bicyclic) bond motifs is 5. The number of amides is 3. The quantitative estimate of drug-likeness (QED) is 0.0537. The van der Waals surface area contributed by atoms with Crippen molar-refractivity contribution in [1.82, 2.24) is 15.5 Å². The van der Waals surface area contributed by atoms with Gasteiger partial charge in [0.25, 0.3) is 0 Å². The monoisotopic (exact) mass is 825 g/mol. The van der Waals surface area contributed by atoms with Crippen LogP contribution in [0.5, 0.6) is 0 Å². The highest BCUT2D eigenvalue weighted by Gasteiger charge is 2.59. The van der Waals surface area contributed by atoms with Crippen LogP contribution in [0.1, 0.15) is 208 Å². The van der Waals surface area contributed by atoms with E-state index in [9.17, 15) is 14.4 Å². The van der Waals surface area contributed by atoms with Gasteiger partial charge >= 0.3 is 6.09 Å². The number of ether oxygens (including phenoxy) is 1. The molecule has 4 rings (SSSR count). The van der Waals surface area contributed by atoms with E-state index in [0.29, 0.717) is 44.4 Å².